The van der Waals surface area contributed by atoms with E-state index in [0.29, 0.717) is 31.3 Å². The van der Waals surface area contributed by atoms with Crippen molar-refractivity contribution in [1.82, 2.24) is 10.2 Å². The zero-order valence-electron chi connectivity index (χ0n) is 13.7. The van der Waals surface area contributed by atoms with Gasteiger partial charge in [-0.2, -0.15) is 0 Å². The first-order valence-corrected chi connectivity index (χ1v) is 7.38. The zero-order valence-corrected chi connectivity index (χ0v) is 13.7. The van der Waals surface area contributed by atoms with E-state index in [1.54, 1.807) is 11.8 Å². The molecule has 20 heavy (non-hydrogen) atoms. The van der Waals surface area contributed by atoms with Gasteiger partial charge in [-0.25, -0.2) is 4.79 Å². The van der Waals surface area contributed by atoms with Crippen LogP contribution in [0.25, 0.3) is 0 Å². The second-order valence-electron chi connectivity index (χ2n) is 6.57. The van der Waals surface area contributed by atoms with Crippen molar-refractivity contribution >= 4 is 12.0 Å². The van der Waals surface area contributed by atoms with Gasteiger partial charge in [0.1, 0.15) is 0 Å². The Hall–Kier alpha value is -1.26. The van der Waals surface area contributed by atoms with Crippen LogP contribution in [0.4, 0.5) is 4.79 Å². The molecule has 0 aromatic heterocycles. The van der Waals surface area contributed by atoms with E-state index in [-0.39, 0.29) is 12.6 Å². The molecule has 0 aliphatic rings. The molecule has 0 rings (SSSR count). The van der Waals surface area contributed by atoms with Crippen LogP contribution in [-0.2, 0) is 4.79 Å². The minimum Gasteiger partial charge on any atom is -0.481 e. The standard InChI is InChI=1S/C15H30N2O3/c1-7-15(6,13(18)19)10-16-14(20)17(8-11(2)3)9-12(4)5/h11-12H,7-10H2,1-6H3,(H,16,20)(H,18,19). The first-order valence-electron chi connectivity index (χ1n) is 7.38. The predicted octanol–water partition coefficient (Wildman–Crippen LogP) is 2.81. The van der Waals surface area contributed by atoms with E-state index in [1.807, 2.05) is 6.92 Å². The number of nitrogens with one attached hydrogen (secondary N) is 1. The number of carboxylic acid groups (broad SMARTS) is 1. The number of rotatable bonds is 8. The first-order chi connectivity index (χ1) is 9.12. The number of carbonyl (C=O) groups excluding carboxylic acids is 1. The summed E-state index contributed by atoms with van der Waals surface area (Å²) in [5, 5.41) is 12.0. The van der Waals surface area contributed by atoms with Crippen molar-refractivity contribution in [3.63, 3.8) is 0 Å². The Kier molecular flexibility index (Phi) is 7.61. The molecule has 1 atom stereocenters. The summed E-state index contributed by atoms with van der Waals surface area (Å²) in [5.74, 6) is -0.104. The lowest BCUT2D eigenvalue weighted by Crippen LogP contribution is -2.48. The minimum absolute atomic E-state index is 0.157. The van der Waals surface area contributed by atoms with Crippen molar-refractivity contribution in [3.8, 4) is 0 Å². The van der Waals surface area contributed by atoms with Gasteiger partial charge in [-0.3, -0.25) is 4.79 Å². The maximum atomic E-state index is 12.2. The highest BCUT2D eigenvalue weighted by atomic mass is 16.4. The van der Waals surface area contributed by atoms with E-state index in [0.717, 1.165) is 0 Å². The molecule has 2 N–H and O–H groups in total. The molecule has 0 saturated carbocycles. The summed E-state index contributed by atoms with van der Waals surface area (Å²) in [6.07, 6.45) is 0.483. The average molecular weight is 286 g/mol. The van der Waals surface area contributed by atoms with Crippen LogP contribution in [0.1, 0.15) is 48.0 Å². The molecule has 118 valence electrons. The van der Waals surface area contributed by atoms with Gasteiger partial charge in [-0.15, -0.1) is 0 Å². The van der Waals surface area contributed by atoms with Crippen molar-refractivity contribution < 1.29 is 14.7 Å². The highest BCUT2D eigenvalue weighted by Crippen LogP contribution is 2.20. The van der Waals surface area contributed by atoms with Gasteiger partial charge >= 0.3 is 12.0 Å². The van der Waals surface area contributed by atoms with Gasteiger partial charge in [0.25, 0.3) is 0 Å². The number of carboxylic acids is 1. The molecule has 2 amide bonds. The van der Waals surface area contributed by atoms with Crippen molar-refractivity contribution in [3.05, 3.63) is 0 Å². The van der Waals surface area contributed by atoms with Crippen LogP contribution in [0.3, 0.4) is 0 Å². The summed E-state index contributed by atoms with van der Waals surface area (Å²) in [5.41, 5.74) is -0.906. The van der Waals surface area contributed by atoms with Crippen molar-refractivity contribution in [1.29, 1.82) is 0 Å². The molecule has 0 bridgehead atoms. The number of carbonyl (C=O) groups is 2. The average Bonchev–Trinajstić information content (AvgIpc) is 2.33. The van der Waals surface area contributed by atoms with Crippen LogP contribution in [0.5, 0.6) is 0 Å². The first kappa shape index (κ1) is 18.7. The van der Waals surface area contributed by atoms with E-state index >= 15 is 0 Å². The summed E-state index contributed by atoms with van der Waals surface area (Å²) in [6, 6.07) is -0.173. The normalized spacial score (nSPS) is 14.2. The second kappa shape index (κ2) is 8.12. The molecule has 1 unspecified atom stereocenters. The maximum Gasteiger partial charge on any atom is 0.317 e. The van der Waals surface area contributed by atoms with Gasteiger partial charge in [-0.05, 0) is 25.2 Å². The molecule has 0 aliphatic heterocycles. The number of aliphatic carboxylic acids is 1. The molecule has 0 radical (unpaired) electrons. The molecule has 0 saturated heterocycles. The topological polar surface area (TPSA) is 69.6 Å². The number of hydrogen-bond donors (Lipinski definition) is 2. The minimum atomic E-state index is -0.906. The fraction of sp³-hybridized carbons (Fsp3) is 0.867. The number of amides is 2. The van der Waals surface area contributed by atoms with E-state index < -0.39 is 11.4 Å². The van der Waals surface area contributed by atoms with Gasteiger partial charge in [0, 0.05) is 19.6 Å². The van der Waals surface area contributed by atoms with Gasteiger partial charge in [0.2, 0.25) is 0 Å². The van der Waals surface area contributed by atoms with E-state index in [4.69, 9.17) is 0 Å². The summed E-state index contributed by atoms with van der Waals surface area (Å²) in [4.78, 5) is 25.2. The molecule has 5 nitrogen and oxygen atoms in total. The summed E-state index contributed by atoms with van der Waals surface area (Å²) < 4.78 is 0. The van der Waals surface area contributed by atoms with Crippen LogP contribution in [-0.4, -0.2) is 41.6 Å². The Balaban J connectivity index is 4.63. The number of urea groups is 1. The molecule has 0 aromatic carbocycles. The Morgan fingerprint density at radius 3 is 1.90 bits per heavy atom. The molecule has 0 heterocycles. The third-order valence-corrected chi connectivity index (χ3v) is 3.38. The van der Waals surface area contributed by atoms with Crippen LogP contribution in [0.15, 0.2) is 0 Å². The third kappa shape index (κ3) is 6.26. The molecular formula is C15H30N2O3. The molecule has 5 heteroatoms. The van der Waals surface area contributed by atoms with Crippen LogP contribution in [0, 0.1) is 17.3 Å². The summed E-state index contributed by atoms with van der Waals surface area (Å²) in [6.45, 7) is 13.2. The van der Waals surface area contributed by atoms with Gasteiger partial charge in [0.05, 0.1) is 5.41 Å². The number of nitrogens with zero attached hydrogens (tertiary/aromatic N) is 1. The van der Waals surface area contributed by atoms with Crippen LogP contribution >= 0.6 is 0 Å². The lowest BCUT2D eigenvalue weighted by Gasteiger charge is -2.29. The second-order valence-corrected chi connectivity index (χ2v) is 6.57. The van der Waals surface area contributed by atoms with E-state index in [2.05, 4.69) is 33.0 Å². The van der Waals surface area contributed by atoms with Gasteiger partial charge in [-0.1, -0.05) is 34.6 Å². The Labute approximate surface area is 122 Å². The molecular weight excluding hydrogens is 256 g/mol. The predicted molar refractivity (Wildman–Crippen MR) is 80.7 cm³/mol. The lowest BCUT2D eigenvalue weighted by molar-refractivity contribution is -0.147. The van der Waals surface area contributed by atoms with Crippen molar-refractivity contribution in [2.45, 2.75) is 48.0 Å². The van der Waals surface area contributed by atoms with Crippen molar-refractivity contribution in [2.75, 3.05) is 19.6 Å². The Morgan fingerprint density at radius 1 is 1.15 bits per heavy atom. The highest BCUT2D eigenvalue weighted by molar-refractivity contribution is 5.77. The maximum absolute atomic E-state index is 12.2. The Bertz CT molecular complexity index is 319. The quantitative estimate of drug-likeness (QED) is 0.721. The molecule has 0 fully saturated rings. The zero-order chi connectivity index (χ0) is 15.9. The summed E-state index contributed by atoms with van der Waals surface area (Å²) >= 11 is 0. The van der Waals surface area contributed by atoms with Gasteiger partial charge in [0.15, 0.2) is 0 Å². The van der Waals surface area contributed by atoms with E-state index in [9.17, 15) is 14.7 Å². The fourth-order valence-electron chi connectivity index (χ4n) is 1.86. The summed E-state index contributed by atoms with van der Waals surface area (Å²) in [7, 11) is 0. The lowest BCUT2D eigenvalue weighted by atomic mass is 9.88. The molecule has 0 spiro atoms. The largest absolute Gasteiger partial charge is 0.481 e. The van der Waals surface area contributed by atoms with Crippen molar-refractivity contribution in [2.24, 2.45) is 17.3 Å². The molecule has 0 aromatic rings. The third-order valence-electron chi connectivity index (χ3n) is 3.38. The van der Waals surface area contributed by atoms with Gasteiger partial charge < -0.3 is 15.3 Å². The smallest absolute Gasteiger partial charge is 0.317 e. The van der Waals surface area contributed by atoms with E-state index in [1.165, 1.54) is 0 Å². The SMILES string of the molecule is CCC(C)(CNC(=O)N(CC(C)C)CC(C)C)C(=O)O. The highest BCUT2D eigenvalue weighted by Gasteiger charge is 2.32. The fourth-order valence-corrected chi connectivity index (χ4v) is 1.86. The number of hydrogen-bond acceptors (Lipinski definition) is 2. The van der Waals surface area contributed by atoms with Crippen LogP contribution in [0.2, 0.25) is 0 Å². The van der Waals surface area contributed by atoms with Crippen LogP contribution < -0.4 is 5.32 Å². The Morgan fingerprint density at radius 2 is 1.60 bits per heavy atom. The monoisotopic (exact) mass is 286 g/mol. The molecule has 0 aliphatic carbocycles.